The van der Waals surface area contributed by atoms with Gasteiger partial charge in [0, 0.05) is 21.5 Å². The van der Waals surface area contributed by atoms with Crippen molar-refractivity contribution in [2.24, 2.45) is 0 Å². The molecule has 0 fully saturated rings. The number of aromatic nitrogens is 1. The third-order valence-corrected chi connectivity index (χ3v) is 4.19. The summed E-state index contributed by atoms with van der Waals surface area (Å²) < 4.78 is 5.13. The van der Waals surface area contributed by atoms with Gasteiger partial charge in [0.05, 0.1) is 0 Å². The van der Waals surface area contributed by atoms with Gasteiger partial charge in [0.2, 0.25) is 0 Å². The van der Waals surface area contributed by atoms with Gasteiger partial charge >= 0.3 is 5.97 Å². The first-order valence-corrected chi connectivity index (χ1v) is 8.40. The SMILES string of the molecule is O=C(OCC#Cc1ccccc1)c1csc(-c2cccc(Cl)c2)n1. The van der Waals surface area contributed by atoms with Gasteiger partial charge in [-0.2, -0.15) is 0 Å². The van der Waals surface area contributed by atoms with Crippen molar-refractivity contribution >= 4 is 28.9 Å². The van der Waals surface area contributed by atoms with Crippen LogP contribution in [0.15, 0.2) is 60.0 Å². The molecule has 0 aliphatic carbocycles. The maximum atomic E-state index is 12.0. The number of carbonyl (C=O) groups is 1. The quantitative estimate of drug-likeness (QED) is 0.507. The molecule has 118 valence electrons. The number of esters is 1. The van der Waals surface area contributed by atoms with E-state index in [1.54, 1.807) is 17.5 Å². The van der Waals surface area contributed by atoms with E-state index in [-0.39, 0.29) is 12.3 Å². The molecule has 3 aromatic rings. The Bertz CT molecular complexity index is 910. The highest BCUT2D eigenvalue weighted by molar-refractivity contribution is 7.13. The first-order chi connectivity index (χ1) is 11.7. The van der Waals surface area contributed by atoms with E-state index >= 15 is 0 Å². The van der Waals surface area contributed by atoms with Gasteiger partial charge in [-0.15, -0.1) is 11.3 Å². The molecule has 3 rings (SSSR count). The smallest absolute Gasteiger partial charge is 0.358 e. The fourth-order valence-electron chi connectivity index (χ4n) is 1.96. The molecule has 0 saturated carbocycles. The predicted molar refractivity (Wildman–Crippen MR) is 96.2 cm³/mol. The molecule has 0 unspecified atom stereocenters. The summed E-state index contributed by atoms with van der Waals surface area (Å²) in [5.74, 6) is 5.26. The number of benzene rings is 2. The van der Waals surface area contributed by atoms with Crippen molar-refractivity contribution in [1.29, 1.82) is 0 Å². The zero-order valence-corrected chi connectivity index (χ0v) is 14.1. The van der Waals surface area contributed by atoms with Gasteiger partial charge in [0.25, 0.3) is 0 Å². The molecule has 3 nitrogen and oxygen atoms in total. The lowest BCUT2D eigenvalue weighted by molar-refractivity contribution is 0.0551. The summed E-state index contributed by atoms with van der Waals surface area (Å²) in [6, 6.07) is 16.9. The molecule has 0 spiro atoms. The summed E-state index contributed by atoms with van der Waals surface area (Å²) in [5.41, 5.74) is 2.03. The summed E-state index contributed by atoms with van der Waals surface area (Å²) in [4.78, 5) is 16.3. The van der Waals surface area contributed by atoms with E-state index < -0.39 is 5.97 Å². The Balaban J connectivity index is 1.61. The van der Waals surface area contributed by atoms with E-state index in [2.05, 4.69) is 16.8 Å². The summed E-state index contributed by atoms with van der Waals surface area (Å²) in [6.45, 7) is 0.0255. The monoisotopic (exact) mass is 353 g/mol. The third kappa shape index (κ3) is 4.23. The molecule has 24 heavy (non-hydrogen) atoms. The van der Waals surface area contributed by atoms with E-state index in [1.165, 1.54) is 11.3 Å². The molecular weight excluding hydrogens is 342 g/mol. The van der Waals surface area contributed by atoms with E-state index in [0.29, 0.717) is 5.02 Å². The van der Waals surface area contributed by atoms with E-state index in [4.69, 9.17) is 16.3 Å². The second-order valence-electron chi connectivity index (χ2n) is 4.79. The average molecular weight is 354 g/mol. The van der Waals surface area contributed by atoms with Crippen molar-refractivity contribution in [2.45, 2.75) is 0 Å². The number of nitrogens with zero attached hydrogens (tertiary/aromatic N) is 1. The third-order valence-electron chi connectivity index (χ3n) is 3.07. The van der Waals surface area contributed by atoms with Crippen molar-refractivity contribution < 1.29 is 9.53 Å². The molecule has 1 aromatic heterocycles. The number of rotatable bonds is 3. The number of halogens is 1. The predicted octanol–water partition coefficient (Wildman–Crippen LogP) is 4.67. The summed E-state index contributed by atoms with van der Waals surface area (Å²) in [7, 11) is 0. The molecule has 0 saturated heterocycles. The maximum absolute atomic E-state index is 12.0. The molecule has 0 atom stereocenters. The van der Waals surface area contributed by atoms with Crippen molar-refractivity contribution in [3.63, 3.8) is 0 Å². The molecule has 5 heteroatoms. The molecule has 0 N–H and O–H groups in total. The summed E-state index contributed by atoms with van der Waals surface area (Å²) >= 11 is 7.34. The van der Waals surface area contributed by atoms with Gasteiger partial charge < -0.3 is 4.74 Å². The lowest BCUT2D eigenvalue weighted by Gasteiger charge is -1.97. The van der Waals surface area contributed by atoms with Crippen LogP contribution in [0.25, 0.3) is 10.6 Å². The first-order valence-electron chi connectivity index (χ1n) is 7.15. The van der Waals surface area contributed by atoms with Gasteiger partial charge in [0.1, 0.15) is 5.01 Å². The van der Waals surface area contributed by atoms with Crippen LogP contribution in [0, 0.1) is 11.8 Å². The minimum atomic E-state index is -0.484. The minimum absolute atomic E-state index is 0.0255. The Morgan fingerprint density at radius 2 is 2.00 bits per heavy atom. The van der Waals surface area contributed by atoms with Crippen LogP contribution in [0.1, 0.15) is 16.1 Å². The van der Waals surface area contributed by atoms with Crippen molar-refractivity contribution in [3.05, 3.63) is 76.3 Å². The lowest BCUT2D eigenvalue weighted by Crippen LogP contribution is -2.05. The molecule has 2 aromatic carbocycles. The van der Waals surface area contributed by atoms with Crippen LogP contribution in [0.2, 0.25) is 5.02 Å². The van der Waals surface area contributed by atoms with Gasteiger partial charge in [0.15, 0.2) is 12.3 Å². The first kappa shape index (κ1) is 16.3. The zero-order valence-electron chi connectivity index (χ0n) is 12.5. The zero-order chi connectivity index (χ0) is 16.8. The highest BCUT2D eigenvalue weighted by atomic mass is 35.5. The van der Waals surface area contributed by atoms with E-state index in [1.807, 2.05) is 42.5 Å². The molecule has 0 bridgehead atoms. The fraction of sp³-hybridized carbons (Fsp3) is 0.0526. The summed E-state index contributed by atoms with van der Waals surface area (Å²) in [5, 5.41) is 3.02. The van der Waals surface area contributed by atoms with Crippen molar-refractivity contribution in [1.82, 2.24) is 4.98 Å². The standard InChI is InChI=1S/C19H12ClNO2S/c20-16-10-4-9-15(12-16)18-21-17(13-24-18)19(22)23-11-5-8-14-6-2-1-3-7-14/h1-4,6-7,9-10,12-13H,11H2. The van der Waals surface area contributed by atoms with Crippen LogP contribution in [0.3, 0.4) is 0 Å². The van der Waals surface area contributed by atoms with Crippen molar-refractivity contribution in [3.8, 4) is 22.4 Å². The number of hydrogen-bond donors (Lipinski definition) is 0. The van der Waals surface area contributed by atoms with Gasteiger partial charge in [-0.3, -0.25) is 0 Å². The topological polar surface area (TPSA) is 39.2 Å². The molecule has 1 heterocycles. The Kier molecular flexibility index (Phi) is 5.27. The van der Waals surface area contributed by atoms with Crippen LogP contribution in [0.5, 0.6) is 0 Å². The second-order valence-corrected chi connectivity index (χ2v) is 6.09. The van der Waals surface area contributed by atoms with Gasteiger partial charge in [-0.1, -0.05) is 53.8 Å². The van der Waals surface area contributed by atoms with Crippen molar-refractivity contribution in [2.75, 3.05) is 6.61 Å². The largest absolute Gasteiger partial charge is 0.448 e. The molecular formula is C19H12ClNO2S. The highest BCUT2D eigenvalue weighted by Gasteiger charge is 2.12. The maximum Gasteiger partial charge on any atom is 0.358 e. The van der Waals surface area contributed by atoms with Gasteiger partial charge in [-0.05, 0) is 24.3 Å². The average Bonchev–Trinajstić information content (AvgIpc) is 3.10. The normalized spacial score (nSPS) is 9.88. The fourth-order valence-corrected chi connectivity index (χ4v) is 2.93. The number of thiazole rings is 1. The van der Waals surface area contributed by atoms with E-state index in [0.717, 1.165) is 16.1 Å². The summed E-state index contributed by atoms with van der Waals surface area (Å²) in [6.07, 6.45) is 0. The van der Waals surface area contributed by atoms with Crippen LogP contribution in [0.4, 0.5) is 0 Å². The van der Waals surface area contributed by atoms with E-state index in [9.17, 15) is 4.79 Å². The number of carbonyl (C=O) groups excluding carboxylic acids is 1. The van der Waals surface area contributed by atoms with Gasteiger partial charge in [-0.25, -0.2) is 9.78 Å². The Hall–Kier alpha value is -2.61. The minimum Gasteiger partial charge on any atom is -0.448 e. The molecule has 0 aliphatic heterocycles. The molecule has 0 radical (unpaired) electrons. The van der Waals surface area contributed by atoms with Crippen LogP contribution < -0.4 is 0 Å². The molecule has 0 aliphatic rings. The van der Waals surface area contributed by atoms with Crippen LogP contribution in [-0.2, 0) is 4.74 Å². The Morgan fingerprint density at radius 1 is 1.17 bits per heavy atom. The number of hydrogen-bond acceptors (Lipinski definition) is 4. The number of ether oxygens (including phenoxy) is 1. The van der Waals surface area contributed by atoms with Crippen LogP contribution >= 0.6 is 22.9 Å². The highest BCUT2D eigenvalue weighted by Crippen LogP contribution is 2.26. The second kappa shape index (κ2) is 7.78. The van der Waals surface area contributed by atoms with Crippen LogP contribution in [-0.4, -0.2) is 17.6 Å². The lowest BCUT2D eigenvalue weighted by atomic mass is 10.2. The molecule has 0 amide bonds. The Labute approximate surface area is 148 Å². The Morgan fingerprint density at radius 3 is 2.79 bits per heavy atom.